The molecule has 1 heterocycles. The molecule has 2 aromatic rings. The van der Waals surface area contributed by atoms with Gasteiger partial charge in [-0.1, -0.05) is 29.8 Å². The van der Waals surface area contributed by atoms with E-state index in [9.17, 15) is 9.59 Å². The van der Waals surface area contributed by atoms with E-state index < -0.39 is 12.1 Å². The number of esters is 1. The van der Waals surface area contributed by atoms with Crippen molar-refractivity contribution in [3.63, 3.8) is 0 Å². The zero-order valence-electron chi connectivity index (χ0n) is 10.9. The van der Waals surface area contributed by atoms with Gasteiger partial charge in [-0.05, 0) is 31.2 Å². The molecular weight excluding hydrogens is 254 g/mol. The van der Waals surface area contributed by atoms with Gasteiger partial charge in [0.15, 0.2) is 0 Å². The Labute approximate surface area is 116 Å². The second-order valence-corrected chi connectivity index (χ2v) is 4.73. The van der Waals surface area contributed by atoms with Gasteiger partial charge in [0.25, 0.3) is 5.91 Å². The van der Waals surface area contributed by atoms with E-state index in [0.29, 0.717) is 16.8 Å². The summed E-state index contributed by atoms with van der Waals surface area (Å²) in [6.45, 7) is 1.93. The van der Waals surface area contributed by atoms with Crippen LogP contribution in [0.2, 0.25) is 0 Å². The predicted octanol–water partition coefficient (Wildman–Crippen LogP) is 2.85. The smallest absolute Gasteiger partial charge is 0.339 e. The number of carbonyl (C=O) groups excluding carboxylic acids is 2. The van der Waals surface area contributed by atoms with Crippen molar-refractivity contribution in [3.05, 3.63) is 65.2 Å². The second kappa shape index (κ2) is 4.81. The molecule has 0 saturated carbocycles. The van der Waals surface area contributed by atoms with Crippen LogP contribution in [-0.4, -0.2) is 11.9 Å². The number of anilines is 1. The van der Waals surface area contributed by atoms with E-state index in [1.54, 1.807) is 24.3 Å². The van der Waals surface area contributed by atoms with Gasteiger partial charge in [0.05, 0.1) is 5.56 Å². The van der Waals surface area contributed by atoms with Crippen LogP contribution in [0, 0.1) is 6.92 Å². The van der Waals surface area contributed by atoms with Crippen LogP contribution in [0.1, 0.15) is 27.6 Å². The zero-order chi connectivity index (χ0) is 14.1. The van der Waals surface area contributed by atoms with E-state index in [0.717, 1.165) is 5.56 Å². The van der Waals surface area contributed by atoms with Crippen molar-refractivity contribution in [2.45, 2.75) is 13.0 Å². The minimum atomic E-state index is -0.877. The molecule has 1 aliphatic heterocycles. The normalized spacial score (nSPS) is 16.4. The van der Waals surface area contributed by atoms with Crippen molar-refractivity contribution < 1.29 is 14.3 Å². The van der Waals surface area contributed by atoms with Gasteiger partial charge in [-0.15, -0.1) is 0 Å². The minimum absolute atomic E-state index is 0.310. The lowest BCUT2D eigenvalue weighted by molar-refractivity contribution is -0.124. The number of ether oxygens (including phenoxy) is 1. The Morgan fingerprint density at radius 2 is 1.90 bits per heavy atom. The molecule has 1 N–H and O–H groups in total. The number of fused-ring (bicyclic) bond motifs is 1. The Hall–Kier alpha value is -2.62. The van der Waals surface area contributed by atoms with Crippen LogP contribution in [-0.2, 0) is 9.53 Å². The summed E-state index contributed by atoms with van der Waals surface area (Å²) >= 11 is 0. The summed E-state index contributed by atoms with van der Waals surface area (Å²) in [6, 6.07) is 14.2. The molecule has 0 spiro atoms. The molecule has 0 saturated heterocycles. The first-order valence-electron chi connectivity index (χ1n) is 6.32. The Bertz CT molecular complexity index is 679. The number of amides is 1. The average Bonchev–Trinajstić information content (AvgIpc) is 2.76. The monoisotopic (exact) mass is 267 g/mol. The third-order valence-corrected chi connectivity index (χ3v) is 3.22. The summed E-state index contributed by atoms with van der Waals surface area (Å²) in [5.74, 6) is -0.810. The van der Waals surface area contributed by atoms with E-state index >= 15 is 0 Å². The molecule has 0 aliphatic carbocycles. The molecule has 0 bridgehead atoms. The fourth-order valence-electron chi connectivity index (χ4n) is 2.22. The van der Waals surface area contributed by atoms with Gasteiger partial charge in [0.1, 0.15) is 0 Å². The highest BCUT2D eigenvalue weighted by molar-refractivity contribution is 6.03. The van der Waals surface area contributed by atoms with Gasteiger partial charge in [-0.3, -0.25) is 4.79 Å². The number of aryl methyl sites for hydroxylation is 1. The van der Waals surface area contributed by atoms with Crippen molar-refractivity contribution in [2.24, 2.45) is 0 Å². The summed E-state index contributed by atoms with van der Waals surface area (Å²) in [5.41, 5.74) is 2.85. The first-order valence-corrected chi connectivity index (χ1v) is 6.32. The predicted molar refractivity (Wildman–Crippen MR) is 74.4 cm³/mol. The SMILES string of the molecule is Cc1ccc2c(c1)C(OC(=O)c1ccccc1)C(=O)N2. The summed E-state index contributed by atoms with van der Waals surface area (Å²) in [7, 11) is 0. The van der Waals surface area contributed by atoms with Gasteiger partial charge in [0.2, 0.25) is 6.10 Å². The second-order valence-electron chi connectivity index (χ2n) is 4.73. The number of nitrogens with one attached hydrogen (secondary N) is 1. The number of rotatable bonds is 2. The van der Waals surface area contributed by atoms with Crippen LogP contribution in [0.5, 0.6) is 0 Å². The molecule has 0 radical (unpaired) electrons. The Morgan fingerprint density at radius 3 is 2.65 bits per heavy atom. The average molecular weight is 267 g/mol. The third kappa shape index (κ3) is 2.16. The molecule has 1 aliphatic rings. The maximum atomic E-state index is 12.0. The van der Waals surface area contributed by atoms with E-state index in [4.69, 9.17) is 4.74 Å². The van der Waals surface area contributed by atoms with Crippen LogP contribution in [0.15, 0.2) is 48.5 Å². The highest BCUT2D eigenvalue weighted by Crippen LogP contribution is 2.34. The molecule has 2 aromatic carbocycles. The van der Waals surface area contributed by atoms with Crippen molar-refractivity contribution in [1.82, 2.24) is 0 Å². The van der Waals surface area contributed by atoms with Crippen molar-refractivity contribution >= 4 is 17.6 Å². The highest BCUT2D eigenvalue weighted by Gasteiger charge is 2.34. The summed E-state index contributed by atoms with van der Waals surface area (Å²) in [5, 5.41) is 2.72. The standard InChI is InChI=1S/C16H13NO3/c1-10-7-8-13-12(9-10)14(15(18)17-13)20-16(19)11-5-3-2-4-6-11/h2-9,14H,1H3,(H,17,18). The van der Waals surface area contributed by atoms with Crippen LogP contribution >= 0.6 is 0 Å². The Morgan fingerprint density at radius 1 is 1.15 bits per heavy atom. The largest absolute Gasteiger partial charge is 0.444 e. The van der Waals surface area contributed by atoms with Crippen LogP contribution in [0.25, 0.3) is 0 Å². The minimum Gasteiger partial charge on any atom is -0.444 e. The molecule has 3 rings (SSSR count). The number of hydrogen-bond donors (Lipinski definition) is 1. The molecular formula is C16H13NO3. The van der Waals surface area contributed by atoms with Crippen molar-refractivity contribution in [2.75, 3.05) is 5.32 Å². The van der Waals surface area contributed by atoms with Gasteiger partial charge >= 0.3 is 5.97 Å². The molecule has 4 heteroatoms. The Balaban J connectivity index is 1.87. The molecule has 1 atom stereocenters. The molecule has 100 valence electrons. The molecule has 0 fully saturated rings. The van der Waals surface area contributed by atoms with Gasteiger partial charge in [-0.2, -0.15) is 0 Å². The molecule has 20 heavy (non-hydrogen) atoms. The van der Waals surface area contributed by atoms with Crippen LogP contribution in [0.4, 0.5) is 5.69 Å². The molecule has 1 unspecified atom stereocenters. The summed E-state index contributed by atoms with van der Waals surface area (Å²) < 4.78 is 5.34. The zero-order valence-corrected chi connectivity index (χ0v) is 10.9. The van der Waals surface area contributed by atoms with E-state index in [1.165, 1.54) is 0 Å². The Kier molecular flexibility index (Phi) is 2.99. The van der Waals surface area contributed by atoms with E-state index in [-0.39, 0.29) is 5.91 Å². The maximum Gasteiger partial charge on any atom is 0.339 e. The molecule has 1 amide bonds. The first-order chi connectivity index (χ1) is 9.65. The summed E-state index contributed by atoms with van der Waals surface area (Å²) in [6.07, 6.45) is -0.877. The number of benzene rings is 2. The fraction of sp³-hybridized carbons (Fsp3) is 0.125. The summed E-state index contributed by atoms with van der Waals surface area (Å²) in [4.78, 5) is 24.0. The molecule has 4 nitrogen and oxygen atoms in total. The van der Waals surface area contributed by atoms with Crippen molar-refractivity contribution in [3.8, 4) is 0 Å². The highest BCUT2D eigenvalue weighted by atomic mass is 16.5. The lowest BCUT2D eigenvalue weighted by atomic mass is 10.1. The van der Waals surface area contributed by atoms with Crippen LogP contribution in [0.3, 0.4) is 0 Å². The quantitative estimate of drug-likeness (QED) is 0.851. The number of carbonyl (C=O) groups is 2. The lowest BCUT2D eigenvalue weighted by Crippen LogP contribution is -2.18. The lowest BCUT2D eigenvalue weighted by Gasteiger charge is -2.11. The topological polar surface area (TPSA) is 55.4 Å². The van der Waals surface area contributed by atoms with Gasteiger partial charge < -0.3 is 10.1 Å². The number of hydrogen-bond acceptors (Lipinski definition) is 3. The maximum absolute atomic E-state index is 12.0. The molecule has 0 aromatic heterocycles. The van der Waals surface area contributed by atoms with E-state index in [1.807, 2.05) is 31.2 Å². The van der Waals surface area contributed by atoms with Gasteiger partial charge in [0, 0.05) is 11.3 Å². The third-order valence-electron chi connectivity index (χ3n) is 3.22. The van der Waals surface area contributed by atoms with Crippen LogP contribution < -0.4 is 5.32 Å². The van der Waals surface area contributed by atoms with E-state index in [2.05, 4.69) is 5.32 Å². The fourth-order valence-corrected chi connectivity index (χ4v) is 2.22. The first kappa shape index (κ1) is 12.4. The van der Waals surface area contributed by atoms with Crippen molar-refractivity contribution in [1.29, 1.82) is 0 Å². The van der Waals surface area contributed by atoms with Gasteiger partial charge in [-0.25, -0.2) is 4.79 Å².